The number of aromatic nitrogens is 2. The van der Waals surface area contributed by atoms with Crippen LogP contribution in [0.15, 0.2) is 36.9 Å². The summed E-state index contributed by atoms with van der Waals surface area (Å²) in [5.41, 5.74) is -0.663. The SMILES string of the molecule is C=C[C@@H]1C[C@]1(NC(=O)[C@@H]1C[C@@H]2CN1C(=O)[C@H](C(C)(C)C)CC(=O)O[C@]1(C)C[C@H]1CCCCCc1nc3ccccc3nc1O2)C(=O)NS(=O)(=O)C1CC1. The van der Waals surface area contributed by atoms with Gasteiger partial charge in [0.1, 0.15) is 29.0 Å². The van der Waals surface area contributed by atoms with Gasteiger partial charge in [-0.3, -0.25) is 23.9 Å². The second-order valence-corrected chi connectivity index (χ2v) is 19.0. The fraction of sp³-hybridized carbons (Fsp3) is 0.641. The summed E-state index contributed by atoms with van der Waals surface area (Å²) in [5.74, 6) is -3.02. The minimum atomic E-state index is -3.88. The third-order valence-corrected chi connectivity index (χ3v) is 13.7. The van der Waals surface area contributed by atoms with Gasteiger partial charge in [0.15, 0.2) is 0 Å². The first-order valence-electron chi connectivity index (χ1n) is 19.0. The summed E-state index contributed by atoms with van der Waals surface area (Å²) in [6.07, 6.45) is 7.00. The first-order chi connectivity index (χ1) is 25.0. The van der Waals surface area contributed by atoms with Crippen molar-refractivity contribution in [1.82, 2.24) is 24.9 Å². The Labute approximate surface area is 311 Å². The van der Waals surface area contributed by atoms with E-state index in [4.69, 9.17) is 19.4 Å². The number of benzene rings is 1. The van der Waals surface area contributed by atoms with Crippen molar-refractivity contribution in [2.45, 2.75) is 127 Å². The average molecular weight is 750 g/mol. The lowest BCUT2D eigenvalue weighted by atomic mass is 9.77. The quantitative estimate of drug-likeness (QED) is 0.323. The van der Waals surface area contributed by atoms with Crippen molar-refractivity contribution in [3.63, 3.8) is 0 Å². The summed E-state index contributed by atoms with van der Waals surface area (Å²) in [6.45, 7) is 11.4. The number of carbonyl (C=O) groups is 4. The number of carbonyl (C=O) groups excluding carboxylic acids is 4. The summed E-state index contributed by atoms with van der Waals surface area (Å²) < 4.78 is 40.2. The lowest BCUT2D eigenvalue weighted by molar-refractivity contribution is -0.158. The van der Waals surface area contributed by atoms with Gasteiger partial charge < -0.3 is 19.7 Å². The van der Waals surface area contributed by atoms with Crippen LogP contribution in [-0.2, 0) is 40.4 Å². The second kappa shape index (κ2) is 13.7. The Morgan fingerprint density at radius 3 is 2.42 bits per heavy atom. The molecule has 7 atom stereocenters. The normalized spacial score (nSPS) is 32.2. The molecule has 1 aromatic carbocycles. The van der Waals surface area contributed by atoms with Crippen LogP contribution in [0.3, 0.4) is 0 Å². The number of amides is 3. The van der Waals surface area contributed by atoms with E-state index in [1.807, 2.05) is 52.0 Å². The molecule has 5 aliphatic rings. The first kappa shape index (κ1) is 37.3. The zero-order valence-electron chi connectivity index (χ0n) is 31.1. The van der Waals surface area contributed by atoms with E-state index < -0.39 is 79.5 Å². The minimum Gasteiger partial charge on any atom is -0.471 e. The van der Waals surface area contributed by atoms with Crippen LogP contribution in [0.5, 0.6) is 5.88 Å². The maximum absolute atomic E-state index is 14.7. The third kappa shape index (κ3) is 7.65. The van der Waals surface area contributed by atoms with Gasteiger partial charge in [-0.2, -0.15) is 0 Å². The Kier molecular flexibility index (Phi) is 9.60. The molecule has 286 valence electrons. The highest BCUT2D eigenvalue weighted by Crippen LogP contribution is 2.50. The molecule has 2 N–H and O–H groups in total. The molecule has 2 aliphatic heterocycles. The van der Waals surface area contributed by atoms with Crippen LogP contribution in [0, 0.1) is 23.2 Å². The Balaban J connectivity index is 1.21. The highest BCUT2D eigenvalue weighted by molar-refractivity contribution is 7.91. The molecule has 2 bridgehead atoms. The van der Waals surface area contributed by atoms with Gasteiger partial charge in [0.2, 0.25) is 27.7 Å². The minimum absolute atomic E-state index is 0.0203. The number of nitrogens with zero attached hydrogens (tertiary/aromatic N) is 3. The first-order valence-corrected chi connectivity index (χ1v) is 20.5. The van der Waals surface area contributed by atoms with Crippen molar-refractivity contribution in [2.75, 3.05) is 6.54 Å². The Morgan fingerprint density at radius 2 is 1.75 bits per heavy atom. The van der Waals surface area contributed by atoms with E-state index in [2.05, 4.69) is 16.6 Å². The zero-order valence-corrected chi connectivity index (χ0v) is 31.9. The summed E-state index contributed by atoms with van der Waals surface area (Å²) in [6, 6.07) is 6.46. The summed E-state index contributed by atoms with van der Waals surface area (Å²) in [5, 5.41) is 2.21. The van der Waals surface area contributed by atoms with E-state index in [-0.39, 0.29) is 31.7 Å². The number of sulfonamides is 1. The molecule has 0 radical (unpaired) electrons. The van der Waals surface area contributed by atoms with Gasteiger partial charge in [-0.05, 0) is 69.4 Å². The number of aryl methyl sites for hydroxylation is 1. The maximum Gasteiger partial charge on any atom is 0.307 e. The van der Waals surface area contributed by atoms with Crippen LogP contribution < -0.4 is 14.8 Å². The highest BCUT2D eigenvalue weighted by Gasteiger charge is 2.62. The zero-order chi connectivity index (χ0) is 37.9. The monoisotopic (exact) mass is 749 g/mol. The molecule has 3 saturated carbocycles. The van der Waals surface area contributed by atoms with Crippen molar-refractivity contribution in [1.29, 1.82) is 0 Å². The molecule has 7 rings (SSSR count). The van der Waals surface area contributed by atoms with E-state index in [0.717, 1.165) is 37.6 Å². The van der Waals surface area contributed by atoms with E-state index in [9.17, 15) is 27.6 Å². The number of para-hydroxylation sites is 2. The Hall–Kier alpha value is -4.07. The average Bonchev–Trinajstić information content (AvgIpc) is 4.04. The van der Waals surface area contributed by atoms with E-state index >= 15 is 0 Å². The number of rotatable bonds is 6. The lowest BCUT2D eigenvalue weighted by Crippen LogP contribution is -2.57. The second-order valence-electron chi connectivity index (χ2n) is 17.0. The molecule has 14 heteroatoms. The molecule has 2 aromatic rings. The van der Waals surface area contributed by atoms with E-state index in [1.165, 1.54) is 11.0 Å². The third-order valence-electron chi connectivity index (χ3n) is 11.9. The van der Waals surface area contributed by atoms with Crippen LogP contribution in [0.2, 0.25) is 0 Å². The molecule has 3 amide bonds. The Bertz CT molecular complexity index is 1940. The number of hydrogen-bond acceptors (Lipinski definition) is 10. The number of esters is 1. The summed E-state index contributed by atoms with van der Waals surface area (Å²) in [4.78, 5) is 67.3. The molecule has 0 unspecified atom stereocenters. The van der Waals surface area contributed by atoms with Gasteiger partial charge in [0, 0.05) is 18.3 Å². The molecule has 0 spiro atoms. The molecule has 1 saturated heterocycles. The molecule has 1 aromatic heterocycles. The van der Waals surface area contributed by atoms with Gasteiger partial charge in [0.25, 0.3) is 5.91 Å². The van der Waals surface area contributed by atoms with Gasteiger partial charge >= 0.3 is 5.97 Å². The maximum atomic E-state index is 14.7. The largest absolute Gasteiger partial charge is 0.471 e. The predicted molar refractivity (Wildman–Crippen MR) is 196 cm³/mol. The molecule has 53 heavy (non-hydrogen) atoms. The number of hydrogen-bond donors (Lipinski definition) is 2. The van der Waals surface area contributed by atoms with Gasteiger partial charge in [-0.1, -0.05) is 51.8 Å². The fourth-order valence-corrected chi connectivity index (χ4v) is 9.45. The van der Waals surface area contributed by atoms with Gasteiger partial charge in [-0.25, -0.2) is 18.4 Å². The molecule has 3 heterocycles. The van der Waals surface area contributed by atoms with Crippen LogP contribution in [0.25, 0.3) is 11.0 Å². The van der Waals surface area contributed by atoms with E-state index in [1.54, 1.807) is 0 Å². The van der Waals surface area contributed by atoms with Crippen LogP contribution >= 0.6 is 0 Å². The van der Waals surface area contributed by atoms with Gasteiger partial charge in [-0.15, -0.1) is 6.58 Å². The van der Waals surface area contributed by atoms with Crippen LogP contribution in [-0.4, -0.2) is 82.1 Å². The summed E-state index contributed by atoms with van der Waals surface area (Å²) in [7, 11) is -3.88. The molecule has 3 aliphatic carbocycles. The predicted octanol–water partition coefficient (Wildman–Crippen LogP) is 4.14. The van der Waals surface area contributed by atoms with Gasteiger partial charge in [0.05, 0.1) is 35.2 Å². The van der Waals surface area contributed by atoms with Crippen LogP contribution in [0.1, 0.15) is 97.6 Å². The van der Waals surface area contributed by atoms with Crippen molar-refractivity contribution in [3.8, 4) is 5.88 Å². The molecular weight excluding hydrogens is 699 g/mol. The molecular formula is C39H51N5O8S. The van der Waals surface area contributed by atoms with Crippen molar-refractivity contribution in [3.05, 3.63) is 42.6 Å². The molecule has 13 nitrogen and oxygen atoms in total. The molecule has 4 fully saturated rings. The highest BCUT2D eigenvalue weighted by atomic mass is 32.2. The number of nitrogens with one attached hydrogen (secondary N) is 2. The van der Waals surface area contributed by atoms with Crippen LogP contribution in [0.4, 0.5) is 0 Å². The number of fused-ring (bicyclic) bond motifs is 5. The van der Waals surface area contributed by atoms with Crippen molar-refractivity contribution >= 4 is 44.7 Å². The lowest BCUT2D eigenvalue weighted by Gasteiger charge is -2.35. The standard InChI is InChI=1S/C39H51N5O8S/c1-6-23-21-39(23,36(48)43-53(49,50)26-16-17-26)42-33(46)31-18-25-22-44(31)35(47)27(37(2,3)4)19-32(45)52-38(5)20-24(38)12-8-7-9-15-30-34(51-25)41-29-14-11-10-13-28(29)40-30/h6,10-11,13-14,23-27,31H,1,7-9,12,15-22H2,2-5H3,(H,42,46)(H,43,48)/t23-,24-,25-,27-,31+,38-,39-/m1/s1. The van der Waals surface area contributed by atoms with Crippen molar-refractivity contribution < 1.29 is 37.1 Å². The van der Waals surface area contributed by atoms with Crippen molar-refractivity contribution in [2.24, 2.45) is 23.2 Å². The summed E-state index contributed by atoms with van der Waals surface area (Å²) >= 11 is 0. The smallest absolute Gasteiger partial charge is 0.307 e. The Morgan fingerprint density at radius 1 is 1.04 bits per heavy atom. The number of ether oxygens (including phenoxy) is 2. The topological polar surface area (TPSA) is 174 Å². The van der Waals surface area contributed by atoms with E-state index in [0.29, 0.717) is 36.4 Å². The fourth-order valence-electron chi connectivity index (χ4n) is 8.08.